The smallest absolute Gasteiger partial charge is 0.411 e. The highest BCUT2D eigenvalue weighted by Crippen LogP contribution is 2.27. The fourth-order valence-corrected chi connectivity index (χ4v) is 2.11. The largest absolute Gasteiger partial charge is 0.458 e. The normalized spacial score (nSPS) is 12.2. The lowest BCUT2D eigenvalue weighted by molar-refractivity contribution is -0.177. The maximum atomic E-state index is 12.1. The SMILES string of the molecule is CCCNCc1c(COCC(F)(F)F)oc2ccccc12. The minimum absolute atomic E-state index is 0.183. The third-order valence-electron chi connectivity index (χ3n) is 3.01. The molecule has 6 heteroatoms. The second kappa shape index (κ2) is 6.95. The Morgan fingerprint density at radius 2 is 2.00 bits per heavy atom. The summed E-state index contributed by atoms with van der Waals surface area (Å²) in [4.78, 5) is 0. The zero-order chi connectivity index (χ0) is 15.3. The monoisotopic (exact) mass is 301 g/mol. The lowest BCUT2D eigenvalue weighted by atomic mass is 10.1. The van der Waals surface area contributed by atoms with Crippen molar-refractivity contribution in [2.75, 3.05) is 13.2 Å². The maximum Gasteiger partial charge on any atom is 0.411 e. The van der Waals surface area contributed by atoms with Gasteiger partial charge in [-0.15, -0.1) is 0 Å². The van der Waals surface area contributed by atoms with Crippen LogP contribution in [0.15, 0.2) is 28.7 Å². The van der Waals surface area contributed by atoms with Gasteiger partial charge in [0.1, 0.15) is 24.6 Å². The van der Waals surface area contributed by atoms with Crippen LogP contribution in [0, 0.1) is 0 Å². The molecule has 21 heavy (non-hydrogen) atoms. The highest BCUT2D eigenvalue weighted by atomic mass is 19.4. The van der Waals surface area contributed by atoms with E-state index in [4.69, 9.17) is 9.15 Å². The van der Waals surface area contributed by atoms with E-state index in [1.807, 2.05) is 25.1 Å². The number of alkyl halides is 3. The molecule has 0 saturated heterocycles. The van der Waals surface area contributed by atoms with Crippen LogP contribution in [0.1, 0.15) is 24.7 Å². The summed E-state index contributed by atoms with van der Waals surface area (Å²) in [6, 6.07) is 7.40. The van der Waals surface area contributed by atoms with Crippen LogP contribution in [0.3, 0.4) is 0 Å². The second-order valence-electron chi connectivity index (χ2n) is 4.78. The Balaban J connectivity index is 2.14. The predicted octanol–water partition coefficient (Wildman–Crippen LogP) is 4.01. The zero-order valence-corrected chi connectivity index (χ0v) is 11.8. The maximum absolute atomic E-state index is 12.1. The molecule has 1 N–H and O–H groups in total. The van der Waals surface area contributed by atoms with Crippen molar-refractivity contribution in [1.82, 2.24) is 5.32 Å². The molecule has 0 spiro atoms. The fourth-order valence-electron chi connectivity index (χ4n) is 2.11. The molecule has 1 aromatic carbocycles. The van der Waals surface area contributed by atoms with Crippen LogP contribution < -0.4 is 5.32 Å². The van der Waals surface area contributed by atoms with Gasteiger partial charge in [0.25, 0.3) is 0 Å². The molecule has 0 aliphatic rings. The summed E-state index contributed by atoms with van der Waals surface area (Å²) in [5, 5.41) is 4.15. The van der Waals surface area contributed by atoms with Gasteiger partial charge < -0.3 is 14.5 Å². The molecule has 2 aromatic rings. The molecule has 0 saturated carbocycles. The molecule has 3 nitrogen and oxygen atoms in total. The van der Waals surface area contributed by atoms with Crippen molar-refractivity contribution in [3.05, 3.63) is 35.6 Å². The van der Waals surface area contributed by atoms with Gasteiger partial charge in [-0.2, -0.15) is 13.2 Å². The number of nitrogens with one attached hydrogen (secondary N) is 1. The molecule has 2 rings (SSSR count). The fraction of sp³-hybridized carbons (Fsp3) is 0.467. The Morgan fingerprint density at radius 1 is 1.24 bits per heavy atom. The number of ether oxygens (including phenoxy) is 1. The Labute approximate surface area is 121 Å². The van der Waals surface area contributed by atoms with Crippen molar-refractivity contribution in [2.24, 2.45) is 0 Å². The van der Waals surface area contributed by atoms with E-state index >= 15 is 0 Å². The van der Waals surface area contributed by atoms with E-state index in [2.05, 4.69) is 5.32 Å². The van der Waals surface area contributed by atoms with E-state index in [0.717, 1.165) is 23.9 Å². The molecule has 0 aliphatic carbocycles. The lowest BCUT2D eigenvalue weighted by Crippen LogP contribution is -2.18. The van der Waals surface area contributed by atoms with Gasteiger partial charge in [-0.05, 0) is 19.0 Å². The predicted molar refractivity (Wildman–Crippen MR) is 73.9 cm³/mol. The number of hydrogen-bond donors (Lipinski definition) is 1. The van der Waals surface area contributed by atoms with Crippen LogP contribution in [-0.2, 0) is 17.9 Å². The minimum Gasteiger partial charge on any atom is -0.458 e. The number of furan rings is 1. The van der Waals surface area contributed by atoms with E-state index in [0.29, 0.717) is 17.9 Å². The molecule has 0 atom stereocenters. The van der Waals surface area contributed by atoms with Crippen molar-refractivity contribution < 1.29 is 22.3 Å². The Kier molecular flexibility index (Phi) is 5.25. The van der Waals surface area contributed by atoms with E-state index in [1.54, 1.807) is 6.07 Å². The number of rotatable bonds is 7. The first-order valence-corrected chi connectivity index (χ1v) is 6.85. The van der Waals surface area contributed by atoms with Gasteiger partial charge in [0, 0.05) is 17.5 Å². The standard InChI is InChI=1S/C15H18F3NO2/c1-2-7-19-8-12-11-5-3-4-6-13(11)21-14(12)9-20-10-15(16,17)18/h3-6,19H,2,7-10H2,1H3. The van der Waals surface area contributed by atoms with Gasteiger partial charge in [-0.1, -0.05) is 25.1 Å². The Bertz CT molecular complexity index is 578. The number of benzene rings is 1. The lowest BCUT2D eigenvalue weighted by Gasteiger charge is -2.08. The average molecular weight is 301 g/mol. The van der Waals surface area contributed by atoms with Crippen molar-refractivity contribution in [3.8, 4) is 0 Å². The summed E-state index contributed by atoms with van der Waals surface area (Å²) >= 11 is 0. The summed E-state index contributed by atoms with van der Waals surface area (Å²) < 4.78 is 46.8. The summed E-state index contributed by atoms with van der Waals surface area (Å²) in [5.74, 6) is 0.448. The third-order valence-corrected chi connectivity index (χ3v) is 3.01. The van der Waals surface area contributed by atoms with Crippen molar-refractivity contribution in [1.29, 1.82) is 0 Å². The van der Waals surface area contributed by atoms with Gasteiger partial charge in [0.05, 0.1) is 0 Å². The Morgan fingerprint density at radius 3 is 2.71 bits per heavy atom. The molecule has 116 valence electrons. The van der Waals surface area contributed by atoms with Gasteiger partial charge in [-0.3, -0.25) is 0 Å². The third kappa shape index (κ3) is 4.47. The molecule has 0 unspecified atom stereocenters. The number of fused-ring (bicyclic) bond motifs is 1. The van der Waals surface area contributed by atoms with Gasteiger partial charge >= 0.3 is 6.18 Å². The van der Waals surface area contributed by atoms with Crippen molar-refractivity contribution >= 4 is 11.0 Å². The zero-order valence-electron chi connectivity index (χ0n) is 11.8. The summed E-state index contributed by atoms with van der Waals surface area (Å²) in [6.07, 6.45) is -3.34. The topological polar surface area (TPSA) is 34.4 Å². The van der Waals surface area contributed by atoms with Gasteiger partial charge in [0.15, 0.2) is 0 Å². The first kappa shape index (κ1) is 15.9. The molecule has 0 fully saturated rings. The molecule has 0 radical (unpaired) electrons. The van der Waals surface area contributed by atoms with Crippen molar-refractivity contribution in [2.45, 2.75) is 32.7 Å². The molecule has 0 bridgehead atoms. The quantitative estimate of drug-likeness (QED) is 0.785. The molecular weight excluding hydrogens is 283 g/mol. The van der Waals surface area contributed by atoms with E-state index in [-0.39, 0.29) is 6.61 Å². The minimum atomic E-state index is -4.33. The highest BCUT2D eigenvalue weighted by Gasteiger charge is 2.28. The van der Waals surface area contributed by atoms with Crippen LogP contribution in [-0.4, -0.2) is 19.3 Å². The Hall–Kier alpha value is -1.53. The summed E-state index contributed by atoms with van der Waals surface area (Å²) in [5.41, 5.74) is 1.53. The van der Waals surface area contributed by atoms with Crippen LogP contribution in [0.2, 0.25) is 0 Å². The molecule has 0 amide bonds. The van der Waals surface area contributed by atoms with Crippen LogP contribution in [0.4, 0.5) is 13.2 Å². The van der Waals surface area contributed by atoms with E-state index < -0.39 is 12.8 Å². The van der Waals surface area contributed by atoms with Crippen molar-refractivity contribution in [3.63, 3.8) is 0 Å². The van der Waals surface area contributed by atoms with E-state index in [1.165, 1.54) is 0 Å². The number of halogens is 3. The van der Waals surface area contributed by atoms with E-state index in [9.17, 15) is 13.2 Å². The molecule has 1 aromatic heterocycles. The average Bonchev–Trinajstić information content (AvgIpc) is 2.76. The van der Waals surface area contributed by atoms with Gasteiger partial charge in [0.2, 0.25) is 0 Å². The summed E-state index contributed by atoms with van der Waals surface area (Å²) in [7, 11) is 0. The molecular formula is C15H18F3NO2. The summed E-state index contributed by atoms with van der Waals surface area (Å²) in [6.45, 7) is 1.98. The first-order valence-electron chi connectivity index (χ1n) is 6.85. The van der Waals surface area contributed by atoms with Crippen LogP contribution >= 0.6 is 0 Å². The number of hydrogen-bond acceptors (Lipinski definition) is 3. The first-order chi connectivity index (χ1) is 10.0. The highest BCUT2D eigenvalue weighted by molar-refractivity contribution is 5.82. The molecule has 1 heterocycles. The van der Waals surface area contributed by atoms with Crippen LogP contribution in [0.5, 0.6) is 0 Å². The molecule has 0 aliphatic heterocycles. The second-order valence-corrected chi connectivity index (χ2v) is 4.78. The van der Waals surface area contributed by atoms with Gasteiger partial charge in [-0.25, -0.2) is 0 Å². The van der Waals surface area contributed by atoms with Crippen LogP contribution in [0.25, 0.3) is 11.0 Å². The number of para-hydroxylation sites is 1.